The minimum absolute atomic E-state index is 0.291. The van der Waals surface area contributed by atoms with Gasteiger partial charge >= 0.3 is 0 Å². The number of carbonyl (C=O) groups excluding carboxylic acids is 1. The quantitative estimate of drug-likeness (QED) is 0.0836. The Hall–Kier alpha value is -2.65. The second-order valence-electron chi connectivity index (χ2n) is 8.00. The van der Waals surface area contributed by atoms with Crippen molar-refractivity contribution in [2.45, 2.75) is 60.8 Å². The van der Waals surface area contributed by atoms with Crippen molar-refractivity contribution < 1.29 is 14.3 Å². The van der Waals surface area contributed by atoms with E-state index in [4.69, 9.17) is 14.3 Å². The van der Waals surface area contributed by atoms with Crippen LogP contribution >= 0.6 is 0 Å². The Labute approximate surface area is 211 Å². The molecule has 0 N–H and O–H groups in total. The Kier molecular flexibility index (Phi) is 24.8. The average molecular weight is 471 g/mol. The number of hydrogen-bond acceptors (Lipinski definition) is 3. The van der Waals surface area contributed by atoms with Gasteiger partial charge in [0.15, 0.2) is 0 Å². The van der Waals surface area contributed by atoms with Crippen molar-refractivity contribution in [3.8, 4) is 0 Å². The third-order valence-corrected chi connectivity index (χ3v) is 4.98. The number of ether oxygens (including phenoxy) is 2. The summed E-state index contributed by atoms with van der Waals surface area (Å²) in [7, 11) is 3.33. The van der Waals surface area contributed by atoms with E-state index in [-0.39, 0.29) is 0 Å². The summed E-state index contributed by atoms with van der Waals surface area (Å²) in [6, 6.07) is 0. The average Bonchev–Trinajstić information content (AvgIpc) is 2.81. The van der Waals surface area contributed by atoms with Gasteiger partial charge < -0.3 is 14.3 Å². The summed E-state index contributed by atoms with van der Waals surface area (Å²) in [5.74, 6) is 1.53. The van der Waals surface area contributed by atoms with Crippen LogP contribution in [0.15, 0.2) is 96.9 Å². The minimum atomic E-state index is 0.291. The number of rotatable bonds is 14. The summed E-state index contributed by atoms with van der Waals surface area (Å²) in [5.41, 5.74) is 4.94. The lowest BCUT2D eigenvalue weighted by Crippen LogP contribution is -1.99. The maximum Gasteiger partial charge on any atom is 0.116 e. The summed E-state index contributed by atoms with van der Waals surface area (Å²) in [5, 5.41) is 0. The summed E-state index contributed by atoms with van der Waals surface area (Å²) >= 11 is 0. The minimum Gasteiger partial charge on any atom is -0.497 e. The molecule has 0 aliphatic rings. The molecule has 0 aliphatic heterocycles. The summed E-state index contributed by atoms with van der Waals surface area (Å²) in [6.45, 7) is 32.7. The highest BCUT2D eigenvalue weighted by atomic mass is 16.5. The standard InChI is InChI=1S/C26H40O2.C3H6.C2H4O/c1-11-19(2)14-15-20(3)24(7)23(6)17-21(4)22(5)18-26(25(8)28-10)13-12-16-27-9;1-3-2;1-2-3/h14-15,17-20H,4-5,7-8,11-13,16H2,1-3,6,9-10H3;3H,1H2,2H3;2H,1H3/b15-14-,23-17-,26-18-;;. The molecule has 0 spiro atoms. The first kappa shape index (κ1) is 35.9. The van der Waals surface area contributed by atoms with Gasteiger partial charge in [-0.1, -0.05) is 77.8 Å². The van der Waals surface area contributed by atoms with Crippen LogP contribution in [0.25, 0.3) is 0 Å². The van der Waals surface area contributed by atoms with Crippen molar-refractivity contribution in [3.05, 3.63) is 96.9 Å². The lowest BCUT2D eigenvalue weighted by atomic mass is 9.92. The van der Waals surface area contributed by atoms with Gasteiger partial charge in [-0.3, -0.25) is 0 Å². The number of carbonyl (C=O) groups is 1. The Morgan fingerprint density at radius 1 is 0.971 bits per heavy atom. The van der Waals surface area contributed by atoms with E-state index in [0.29, 0.717) is 24.2 Å². The van der Waals surface area contributed by atoms with E-state index in [9.17, 15) is 0 Å². The van der Waals surface area contributed by atoms with E-state index < -0.39 is 0 Å². The molecule has 0 saturated heterocycles. The normalized spacial score (nSPS) is 12.8. The number of methoxy groups -OCH3 is 2. The lowest BCUT2D eigenvalue weighted by Gasteiger charge is -2.14. The number of hydrogen-bond donors (Lipinski definition) is 0. The molecule has 192 valence electrons. The molecule has 0 amide bonds. The Bertz CT molecular complexity index is 726. The molecule has 0 rings (SSSR count). The Balaban J connectivity index is -0.00000143. The van der Waals surface area contributed by atoms with Crippen LogP contribution in [0.3, 0.4) is 0 Å². The molecule has 0 aromatic carbocycles. The van der Waals surface area contributed by atoms with Gasteiger partial charge in [0.25, 0.3) is 0 Å². The SMILES string of the molecule is C=C(/C=C(/C)C(=C)C(C)/C=C\C(C)CC)C(=C)/C=C(/CCCOC)C(=C)OC.C=CC.CC=O. The van der Waals surface area contributed by atoms with Gasteiger partial charge in [0, 0.05) is 13.7 Å². The van der Waals surface area contributed by atoms with Crippen molar-refractivity contribution in [3.63, 3.8) is 0 Å². The number of allylic oxidation sites excluding steroid dienone is 10. The van der Waals surface area contributed by atoms with Crippen molar-refractivity contribution in [1.82, 2.24) is 0 Å². The van der Waals surface area contributed by atoms with E-state index in [1.165, 1.54) is 6.92 Å². The zero-order valence-corrected chi connectivity index (χ0v) is 23.2. The van der Waals surface area contributed by atoms with Crippen LogP contribution in [0.2, 0.25) is 0 Å². The van der Waals surface area contributed by atoms with Crippen LogP contribution in [-0.2, 0) is 14.3 Å². The third kappa shape index (κ3) is 18.9. The monoisotopic (exact) mass is 470 g/mol. The van der Waals surface area contributed by atoms with Gasteiger partial charge in [-0.2, -0.15) is 0 Å². The topological polar surface area (TPSA) is 35.5 Å². The summed E-state index contributed by atoms with van der Waals surface area (Å²) in [4.78, 5) is 8.81. The Morgan fingerprint density at radius 3 is 1.91 bits per heavy atom. The molecule has 34 heavy (non-hydrogen) atoms. The van der Waals surface area contributed by atoms with E-state index in [0.717, 1.165) is 53.4 Å². The van der Waals surface area contributed by atoms with E-state index >= 15 is 0 Å². The largest absolute Gasteiger partial charge is 0.497 e. The maximum absolute atomic E-state index is 8.81. The van der Waals surface area contributed by atoms with E-state index in [1.807, 2.05) is 13.0 Å². The molecule has 0 bridgehead atoms. The van der Waals surface area contributed by atoms with Crippen molar-refractivity contribution in [2.24, 2.45) is 11.8 Å². The summed E-state index contributed by atoms with van der Waals surface area (Å²) < 4.78 is 10.5. The fourth-order valence-corrected chi connectivity index (χ4v) is 2.55. The van der Waals surface area contributed by atoms with Crippen LogP contribution in [0.1, 0.15) is 60.8 Å². The summed E-state index contributed by atoms with van der Waals surface area (Å²) in [6.07, 6.45) is 13.9. The van der Waals surface area contributed by atoms with Crippen LogP contribution in [0.4, 0.5) is 0 Å². The molecule has 0 heterocycles. The van der Waals surface area contributed by atoms with Crippen molar-refractivity contribution >= 4 is 6.29 Å². The fraction of sp³-hybridized carbons (Fsp3) is 0.452. The maximum atomic E-state index is 8.81. The van der Waals surface area contributed by atoms with Gasteiger partial charge in [-0.15, -0.1) is 6.58 Å². The molecule has 3 nitrogen and oxygen atoms in total. The fourth-order valence-electron chi connectivity index (χ4n) is 2.55. The molecule has 3 heteroatoms. The Morgan fingerprint density at radius 2 is 1.47 bits per heavy atom. The van der Waals surface area contributed by atoms with Gasteiger partial charge in [0.05, 0.1) is 7.11 Å². The molecular formula is C31H50O3. The molecule has 2 unspecified atom stereocenters. The van der Waals surface area contributed by atoms with E-state index in [2.05, 4.69) is 78.8 Å². The van der Waals surface area contributed by atoms with Crippen LogP contribution in [0, 0.1) is 11.8 Å². The second kappa shape index (κ2) is 23.5. The predicted octanol–water partition coefficient (Wildman–Crippen LogP) is 8.75. The lowest BCUT2D eigenvalue weighted by molar-refractivity contribution is -0.106. The first-order valence-electron chi connectivity index (χ1n) is 11.8. The van der Waals surface area contributed by atoms with Gasteiger partial charge in [0.1, 0.15) is 12.0 Å². The highest BCUT2D eigenvalue weighted by molar-refractivity contribution is 5.49. The van der Waals surface area contributed by atoms with Crippen molar-refractivity contribution in [1.29, 1.82) is 0 Å². The van der Waals surface area contributed by atoms with Crippen molar-refractivity contribution in [2.75, 3.05) is 20.8 Å². The molecule has 0 saturated carbocycles. The number of aldehydes is 1. The zero-order valence-electron chi connectivity index (χ0n) is 23.2. The molecule has 2 atom stereocenters. The smallest absolute Gasteiger partial charge is 0.116 e. The molecular weight excluding hydrogens is 420 g/mol. The van der Waals surface area contributed by atoms with Crippen LogP contribution in [0.5, 0.6) is 0 Å². The van der Waals surface area contributed by atoms with E-state index in [1.54, 1.807) is 20.3 Å². The third-order valence-electron chi connectivity index (χ3n) is 4.98. The first-order valence-corrected chi connectivity index (χ1v) is 11.8. The highest BCUT2D eigenvalue weighted by Gasteiger charge is 2.08. The van der Waals surface area contributed by atoms with Gasteiger partial charge in [0.2, 0.25) is 0 Å². The molecule has 0 fully saturated rings. The molecule has 0 radical (unpaired) electrons. The highest BCUT2D eigenvalue weighted by Crippen LogP contribution is 2.24. The van der Waals surface area contributed by atoms with Crippen LogP contribution in [-0.4, -0.2) is 27.1 Å². The zero-order chi connectivity index (χ0) is 27.1. The van der Waals surface area contributed by atoms with Gasteiger partial charge in [-0.05, 0) is 79.4 Å². The molecule has 0 aromatic rings. The predicted molar refractivity (Wildman–Crippen MR) is 152 cm³/mol. The molecule has 0 aromatic heterocycles. The van der Waals surface area contributed by atoms with Gasteiger partial charge in [-0.25, -0.2) is 0 Å². The second-order valence-corrected chi connectivity index (χ2v) is 8.00. The van der Waals surface area contributed by atoms with Crippen LogP contribution < -0.4 is 0 Å². The first-order chi connectivity index (χ1) is 16.0. The molecule has 0 aliphatic carbocycles.